The normalized spacial score (nSPS) is 10.5. The SMILES string of the molecule is Cc1ccc(C(=O)Oc2ccc3cc(C(=N)N)ccc3c2)cc1. The highest BCUT2D eigenvalue weighted by Crippen LogP contribution is 2.23. The maximum Gasteiger partial charge on any atom is 0.343 e. The summed E-state index contributed by atoms with van der Waals surface area (Å²) in [6, 6.07) is 18.1. The van der Waals surface area contributed by atoms with Crippen molar-refractivity contribution in [1.82, 2.24) is 0 Å². The van der Waals surface area contributed by atoms with E-state index in [0.29, 0.717) is 16.9 Å². The van der Waals surface area contributed by atoms with Crippen molar-refractivity contribution in [2.24, 2.45) is 5.73 Å². The van der Waals surface area contributed by atoms with Crippen LogP contribution in [0.1, 0.15) is 21.5 Å². The minimum absolute atomic E-state index is 0.0294. The Kier molecular flexibility index (Phi) is 3.81. The third-order valence-electron chi connectivity index (χ3n) is 3.62. The molecule has 0 aliphatic carbocycles. The second kappa shape index (κ2) is 5.93. The molecule has 0 aliphatic heterocycles. The number of hydrogen-bond donors (Lipinski definition) is 2. The number of aryl methyl sites for hydroxylation is 1. The van der Waals surface area contributed by atoms with Crippen molar-refractivity contribution >= 4 is 22.6 Å². The molecule has 0 saturated carbocycles. The second-order valence-electron chi connectivity index (χ2n) is 5.39. The Morgan fingerprint density at radius 2 is 1.52 bits per heavy atom. The van der Waals surface area contributed by atoms with Gasteiger partial charge < -0.3 is 10.5 Å². The fraction of sp³-hybridized carbons (Fsp3) is 0.0526. The molecule has 23 heavy (non-hydrogen) atoms. The molecule has 0 spiro atoms. The van der Waals surface area contributed by atoms with Gasteiger partial charge in [-0.1, -0.05) is 35.9 Å². The molecule has 0 fully saturated rings. The highest BCUT2D eigenvalue weighted by atomic mass is 16.5. The molecule has 0 unspecified atom stereocenters. The van der Waals surface area contributed by atoms with Gasteiger partial charge in [0.2, 0.25) is 0 Å². The molecule has 0 aliphatic rings. The van der Waals surface area contributed by atoms with Gasteiger partial charge in [0.05, 0.1) is 5.56 Å². The van der Waals surface area contributed by atoms with Crippen LogP contribution >= 0.6 is 0 Å². The standard InChI is InChI=1S/C19H16N2O2/c1-12-2-4-13(5-3-12)19(22)23-17-9-8-14-10-16(18(20)21)7-6-15(14)11-17/h2-11H,1H3,(H3,20,21). The lowest BCUT2D eigenvalue weighted by molar-refractivity contribution is 0.0735. The third kappa shape index (κ3) is 3.21. The van der Waals surface area contributed by atoms with E-state index in [1.54, 1.807) is 30.3 Å². The van der Waals surface area contributed by atoms with Gasteiger partial charge >= 0.3 is 5.97 Å². The first kappa shape index (κ1) is 14.8. The van der Waals surface area contributed by atoms with Crippen LogP contribution in [0.3, 0.4) is 0 Å². The van der Waals surface area contributed by atoms with Gasteiger partial charge in [-0.15, -0.1) is 0 Å². The topological polar surface area (TPSA) is 76.2 Å². The van der Waals surface area contributed by atoms with E-state index in [1.807, 2.05) is 37.3 Å². The highest BCUT2D eigenvalue weighted by molar-refractivity contribution is 5.99. The number of nitrogen functional groups attached to an aromatic ring is 1. The van der Waals surface area contributed by atoms with Gasteiger partial charge in [0, 0.05) is 5.56 Å². The Labute approximate surface area is 134 Å². The molecule has 3 aromatic carbocycles. The minimum atomic E-state index is -0.385. The van der Waals surface area contributed by atoms with E-state index in [-0.39, 0.29) is 11.8 Å². The molecule has 4 nitrogen and oxygen atoms in total. The largest absolute Gasteiger partial charge is 0.423 e. The molecule has 0 saturated heterocycles. The van der Waals surface area contributed by atoms with Gasteiger partial charge in [0.15, 0.2) is 0 Å². The van der Waals surface area contributed by atoms with Crippen LogP contribution < -0.4 is 10.5 Å². The van der Waals surface area contributed by atoms with E-state index in [0.717, 1.165) is 16.3 Å². The first-order chi connectivity index (χ1) is 11.0. The lowest BCUT2D eigenvalue weighted by Crippen LogP contribution is -2.10. The number of hydrogen-bond acceptors (Lipinski definition) is 3. The molecule has 3 rings (SSSR count). The number of rotatable bonds is 3. The minimum Gasteiger partial charge on any atom is -0.423 e. The first-order valence-corrected chi connectivity index (χ1v) is 7.20. The summed E-state index contributed by atoms with van der Waals surface area (Å²) < 4.78 is 5.42. The Bertz CT molecular complexity index is 899. The van der Waals surface area contributed by atoms with E-state index in [2.05, 4.69) is 0 Å². The third-order valence-corrected chi connectivity index (χ3v) is 3.62. The Balaban J connectivity index is 1.86. The lowest BCUT2D eigenvalue weighted by atomic mass is 10.1. The lowest BCUT2D eigenvalue weighted by Gasteiger charge is -2.07. The van der Waals surface area contributed by atoms with Crippen LogP contribution in [0.4, 0.5) is 0 Å². The molecule has 0 radical (unpaired) electrons. The van der Waals surface area contributed by atoms with Gasteiger partial charge in [-0.3, -0.25) is 5.41 Å². The maximum absolute atomic E-state index is 12.1. The number of carbonyl (C=O) groups excluding carboxylic acids is 1. The predicted molar refractivity (Wildman–Crippen MR) is 91.1 cm³/mol. The molecule has 0 amide bonds. The number of nitrogens with two attached hydrogens (primary N) is 1. The van der Waals surface area contributed by atoms with E-state index < -0.39 is 0 Å². The monoisotopic (exact) mass is 304 g/mol. The number of ether oxygens (including phenoxy) is 1. The molecule has 3 N–H and O–H groups in total. The zero-order valence-electron chi connectivity index (χ0n) is 12.7. The van der Waals surface area contributed by atoms with Crippen LogP contribution in [0.5, 0.6) is 5.75 Å². The average Bonchev–Trinajstić information content (AvgIpc) is 2.54. The first-order valence-electron chi connectivity index (χ1n) is 7.20. The number of fused-ring (bicyclic) bond motifs is 1. The highest BCUT2D eigenvalue weighted by Gasteiger charge is 2.09. The molecule has 0 atom stereocenters. The molecular formula is C19H16N2O2. The number of carbonyl (C=O) groups is 1. The quantitative estimate of drug-likeness (QED) is 0.335. The number of esters is 1. The van der Waals surface area contributed by atoms with Crippen molar-refractivity contribution in [3.05, 3.63) is 77.4 Å². The van der Waals surface area contributed by atoms with Crippen LogP contribution in [0.25, 0.3) is 10.8 Å². The fourth-order valence-electron chi connectivity index (χ4n) is 2.31. The van der Waals surface area contributed by atoms with Gasteiger partial charge in [-0.2, -0.15) is 0 Å². The summed E-state index contributed by atoms with van der Waals surface area (Å²) in [7, 11) is 0. The van der Waals surface area contributed by atoms with Crippen LogP contribution in [0.2, 0.25) is 0 Å². The predicted octanol–water partition coefficient (Wildman–Crippen LogP) is 3.65. The smallest absolute Gasteiger partial charge is 0.343 e. The van der Waals surface area contributed by atoms with Gasteiger partial charge in [0.25, 0.3) is 0 Å². The summed E-state index contributed by atoms with van der Waals surface area (Å²) in [6.07, 6.45) is 0. The van der Waals surface area contributed by atoms with Crippen LogP contribution in [-0.2, 0) is 0 Å². The molecule has 114 valence electrons. The van der Waals surface area contributed by atoms with Gasteiger partial charge in [-0.25, -0.2) is 4.79 Å². The van der Waals surface area contributed by atoms with Crippen LogP contribution in [-0.4, -0.2) is 11.8 Å². The summed E-state index contributed by atoms with van der Waals surface area (Å²) in [5.41, 5.74) is 7.77. The Morgan fingerprint density at radius 1 is 0.913 bits per heavy atom. The van der Waals surface area contributed by atoms with Crippen molar-refractivity contribution < 1.29 is 9.53 Å². The summed E-state index contributed by atoms with van der Waals surface area (Å²) in [5.74, 6) is 0.130. The second-order valence-corrected chi connectivity index (χ2v) is 5.39. The van der Waals surface area contributed by atoms with Crippen molar-refractivity contribution in [2.75, 3.05) is 0 Å². The maximum atomic E-state index is 12.1. The fourth-order valence-corrected chi connectivity index (χ4v) is 2.31. The molecule has 0 aromatic heterocycles. The summed E-state index contributed by atoms with van der Waals surface area (Å²) in [4.78, 5) is 12.1. The number of amidine groups is 1. The van der Waals surface area contributed by atoms with Gasteiger partial charge in [-0.05, 0) is 48.0 Å². The Morgan fingerprint density at radius 3 is 2.22 bits per heavy atom. The summed E-state index contributed by atoms with van der Waals surface area (Å²) in [6.45, 7) is 1.97. The van der Waals surface area contributed by atoms with Crippen molar-refractivity contribution in [3.63, 3.8) is 0 Å². The molecule has 0 heterocycles. The van der Waals surface area contributed by atoms with Gasteiger partial charge in [0.1, 0.15) is 11.6 Å². The van der Waals surface area contributed by atoms with Crippen molar-refractivity contribution in [1.29, 1.82) is 5.41 Å². The Hall–Kier alpha value is -3.14. The number of nitrogens with one attached hydrogen (secondary N) is 1. The van der Waals surface area contributed by atoms with Crippen LogP contribution in [0.15, 0.2) is 60.7 Å². The van der Waals surface area contributed by atoms with E-state index in [9.17, 15) is 4.79 Å². The number of benzene rings is 3. The molecule has 0 bridgehead atoms. The van der Waals surface area contributed by atoms with E-state index in [4.69, 9.17) is 15.9 Å². The molecular weight excluding hydrogens is 288 g/mol. The van der Waals surface area contributed by atoms with E-state index >= 15 is 0 Å². The molecule has 3 aromatic rings. The summed E-state index contributed by atoms with van der Waals surface area (Å²) in [5, 5.41) is 9.32. The average molecular weight is 304 g/mol. The van der Waals surface area contributed by atoms with Crippen molar-refractivity contribution in [2.45, 2.75) is 6.92 Å². The zero-order valence-corrected chi connectivity index (χ0v) is 12.7. The molecule has 4 heteroatoms. The van der Waals surface area contributed by atoms with Crippen molar-refractivity contribution in [3.8, 4) is 5.75 Å². The van der Waals surface area contributed by atoms with E-state index in [1.165, 1.54) is 0 Å². The summed E-state index contributed by atoms with van der Waals surface area (Å²) >= 11 is 0. The zero-order chi connectivity index (χ0) is 16.4. The van der Waals surface area contributed by atoms with Crippen LogP contribution in [0, 0.1) is 12.3 Å².